The third kappa shape index (κ3) is 4.28. The average molecular weight is 340 g/mol. The Hall–Kier alpha value is -1.94. The summed E-state index contributed by atoms with van der Waals surface area (Å²) in [5, 5.41) is 16.8. The number of anilines is 1. The molecule has 118 valence electrons. The first-order valence-electron chi connectivity index (χ1n) is 6.53. The van der Waals surface area contributed by atoms with Gasteiger partial charge in [-0.05, 0) is 27.8 Å². The first-order valence-corrected chi connectivity index (χ1v) is 8.40. The van der Waals surface area contributed by atoms with Crippen LogP contribution in [0.15, 0.2) is 16.6 Å². The topological polar surface area (TPSA) is 116 Å². The number of carbonyl (C=O) groups excluding carboxylic acids is 2. The van der Waals surface area contributed by atoms with Crippen LogP contribution < -0.4 is 11.1 Å². The molecule has 8 nitrogen and oxygen atoms in total. The molecule has 0 aliphatic carbocycles. The number of amides is 2. The van der Waals surface area contributed by atoms with Crippen LogP contribution in [0.3, 0.4) is 0 Å². The average Bonchev–Trinajstić information content (AvgIpc) is 3.05. The van der Waals surface area contributed by atoms with Gasteiger partial charge in [-0.1, -0.05) is 25.6 Å². The summed E-state index contributed by atoms with van der Waals surface area (Å²) in [6.07, 6.45) is 0. The molecule has 0 aliphatic rings. The fraction of sp³-hybridized carbons (Fsp3) is 0.417. The first-order chi connectivity index (χ1) is 10.5. The summed E-state index contributed by atoms with van der Waals surface area (Å²) in [5.41, 5.74) is 5.55. The van der Waals surface area contributed by atoms with Crippen molar-refractivity contribution in [2.45, 2.75) is 25.5 Å². The predicted molar refractivity (Wildman–Crippen MR) is 84.8 cm³/mol. The van der Waals surface area contributed by atoms with Crippen molar-refractivity contribution in [1.29, 1.82) is 0 Å². The Morgan fingerprint density at radius 3 is 2.95 bits per heavy atom. The molecule has 2 aromatic rings. The molecule has 0 radical (unpaired) electrons. The molecule has 0 saturated heterocycles. The van der Waals surface area contributed by atoms with E-state index in [1.807, 2.05) is 0 Å². The van der Waals surface area contributed by atoms with E-state index in [4.69, 9.17) is 5.73 Å². The van der Waals surface area contributed by atoms with E-state index in [0.717, 1.165) is 0 Å². The van der Waals surface area contributed by atoms with Crippen LogP contribution in [0, 0.1) is 5.92 Å². The fourth-order valence-corrected chi connectivity index (χ4v) is 3.15. The zero-order chi connectivity index (χ0) is 16.1. The molecule has 0 atom stereocenters. The van der Waals surface area contributed by atoms with Gasteiger partial charge in [0.1, 0.15) is 5.00 Å². The summed E-state index contributed by atoms with van der Waals surface area (Å²) in [4.78, 5) is 23.2. The number of carbonyl (C=O) groups is 2. The van der Waals surface area contributed by atoms with Crippen molar-refractivity contribution in [3.63, 3.8) is 0 Å². The van der Waals surface area contributed by atoms with Gasteiger partial charge in [-0.3, -0.25) is 9.59 Å². The normalized spacial score (nSPS) is 10.9. The number of rotatable bonds is 7. The summed E-state index contributed by atoms with van der Waals surface area (Å²) >= 11 is 2.50. The van der Waals surface area contributed by atoms with E-state index in [1.54, 1.807) is 16.1 Å². The van der Waals surface area contributed by atoms with Gasteiger partial charge in [-0.25, -0.2) is 4.68 Å². The summed E-state index contributed by atoms with van der Waals surface area (Å²) in [7, 11) is 0. The number of primary amides is 1. The molecular weight excluding hydrogens is 324 g/mol. The number of tetrazole rings is 1. The molecule has 0 unspecified atom stereocenters. The van der Waals surface area contributed by atoms with Crippen LogP contribution >= 0.6 is 23.1 Å². The lowest BCUT2D eigenvalue weighted by Crippen LogP contribution is -2.18. The largest absolute Gasteiger partial charge is 0.366 e. The SMILES string of the molecule is CC(C)Cn1nnnc1SCC(=O)Nc1sccc1C(N)=O. The van der Waals surface area contributed by atoms with E-state index in [9.17, 15) is 9.59 Å². The molecule has 0 fully saturated rings. The number of nitrogens with zero attached hydrogens (tertiary/aromatic N) is 4. The Kier molecular flexibility index (Phi) is 5.50. The molecule has 2 amide bonds. The lowest BCUT2D eigenvalue weighted by atomic mass is 10.2. The van der Waals surface area contributed by atoms with Crippen LogP contribution in [0.25, 0.3) is 0 Å². The fourth-order valence-electron chi connectivity index (χ4n) is 1.65. The highest BCUT2D eigenvalue weighted by Crippen LogP contribution is 2.23. The van der Waals surface area contributed by atoms with Crippen molar-refractivity contribution < 1.29 is 9.59 Å². The van der Waals surface area contributed by atoms with Crippen LogP contribution in [0.5, 0.6) is 0 Å². The van der Waals surface area contributed by atoms with Crippen molar-refractivity contribution in [3.05, 3.63) is 17.0 Å². The molecule has 0 bridgehead atoms. The molecule has 10 heteroatoms. The maximum Gasteiger partial charge on any atom is 0.251 e. The van der Waals surface area contributed by atoms with Crippen LogP contribution in [0.1, 0.15) is 24.2 Å². The van der Waals surface area contributed by atoms with Crippen molar-refractivity contribution in [2.24, 2.45) is 11.7 Å². The Labute approximate surface area is 135 Å². The van der Waals surface area contributed by atoms with Crippen LogP contribution in [0.2, 0.25) is 0 Å². The predicted octanol–water partition coefficient (Wildman–Crippen LogP) is 1.22. The highest BCUT2D eigenvalue weighted by atomic mass is 32.2. The summed E-state index contributed by atoms with van der Waals surface area (Å²) in [5.74, 6) is -0.255. The standard InChI is InChI=1S/C12H16N6O2S2/c1-7(2)5-18-12(15-16-17-18)22-6-9(19)14-11-8(10(13)20)3-4-21-11/h3-4,7H,5-6H2,1-2H3,(H2,13,20)(H,14,19). The molecule has 3 N–H and O–H groups in total. The van der Waals surface area contributed by atoms with E-state index in [-0.39, 0.29) is 11.7 Å². The summed E-state index contributed by atoms with van der Waals surface area (Å²) in [6, 6.07) is 1.58. The van der Waals surface area contributed by atoms with E-state index in [1.165, 1.54) is 23.1 Å². The van der Waals surface area contributed by atoms with Gasteiger partial charge in [0.05, 0.1) is 11.3 Å². The molecule has 2 aromatic heterocycles. The van der Waals surface area contributed by atoms with Crippen LogP contribution in [-0.4, -0.2) is 37.8 Å². The third-order valence-corrected chi connectivity index (χ3v) is 4.34. The minimum Gasteiger partial charge on any atom is -0.366 e. The second-order valence-electron chi connectivity index (χ2n) is 4.90. The van der Waals surface area contributed by atoms with Gasteiger partial charge in [0.2, 0.25) is 11.1 Å². The van der Waals surface area contributed by atoms with Gasteiger partial charge in [-0.15, -0.1) is 16.4 Å². The zero-order valence-electron chi connectivity index (χ0n) is 12.1. The summed E-state index contributed by atoms with van der Waals surface area (Å²) < 4.78 is 1.67. The number of hydrogen-bond acceptors (Lipinski definition) is 7. The lowest BCUT2D eigenvalue weighted by Gasteiger charge is -2.07. The van der Waals surface area contributed by atoms with Gasteiger partial charge in [0, 0.05) is 6.54 Å². The zero-order valence-corrected chi connectivity index (χ0v) is 13.8. The second-order valence-corrected chi connectivity index (χ2v) is 6.76. The minimum absolute atomic E-state index is 0.147. The molecule has 0 aromatic carbocycles. The molecular formula is C12H16N6O2S2. The molecule has 0 spiro atoms. The number of thiophene rings is 1. The van der Waals surface area contributed by atoms with E-state index < -0.39 is 5.91 Å². The van der Waals surface area contributed by atoms with E-state index in [2.05, 4.69) is 34.7 Å². The number of thioether (sulfide) groups is 1. The van der Waals surface area contributed by atoms with Crippen molar-refractivity contribution in [1.82, 2.24) is 20.2 Å². The quantitative estimate of drug-likeness (QED) is 0.732. The highest BCUT2D eigenvalue weighted by molar-refractivity contribution is 7.99. The Morgan fingerprint density at radius 1 is 1.50 bits per heavy atom. The first kappa shape index (κ1) is 16.4. The maximum atomic E-state index is 12.0. The van der Waals surface area contributed by atoms with E-state index >= 15 is 0 Å². The highest BCUT2D eigenvalue weighted by Gasteiger charge is 2.14. The van der Waals surface area contributed by atoms with Gasteiger partial charge in [0.15, 0.2) is 0 Å². The number of aromatic nitrogens is 4. The Morgan fingerprint density at radius 2 is 2.27 bits per heavy atom. The molecule has 22 heavy (non-hydrogen) atoms. The smallest absolute Gasteiger partial charge is 0.251 e. The number of nitrogens with one attached hydrogen (secondary N) is 1. The maximum absolute atomic E-state index is 12.0. The number of hydrogen-bond donors (Lipinski definition) is 2. The van der Waals surface area contributed by atoms with Gasteiger partial charge in [-0.2, -0.15) is 0 Å². The third-order valence-electron chi connectivity index (χ3n) is 2.55. The molecule has 0 aliphatic heterocycles. The van der Waals surface area contributed by atoms with Crippen LogP contribution in [-0.2, 0) is 11.3 Å². The van der Waals surface area contributed by atoms with Crippen molar-refractivity contribution >= 4 is 39.9 Å². The summed E-state index contributed by atoms with van der Waals surface area (Å²) in [6.45, 7) is 4.81. The van der Waals surface area contributed by atoms with Crippen LogP contribution in [0.4, 0.5) is 5.00 Å². The lowest BCUT2D eigenvalue weighted by molar-refractivity contribution is -0.113. The Bertz CT molecular complexity index is 666. The number of nitrogens with two attached hydrogens (primary N) is 1. The molecule has 2 rings (SSSR count). The van der Waals surface area contributed by atoms with Gasteiger partial charge in [0.25, 0.3) is 5.91 Å². The monoisotopic (exact) mass is 340 g/mol. The molecule has 2 heterocycles. The minimum atomic E-state index is -0.565. The van der Waals surface area contributed by atoms with Gasteiger partial charge >= 0.3 is 0 Å². The van der Waals surface area contributed by atoms with Crippen molar-refractivity contribution in [2.75, 3.05) is 11.1 Å². The second kappa shape index (κ2) is 7.36. The van der Waals surface area contributed by atoms with Gasteiger partial charge < -0.3 is 11.1 Å². The molecule has 0 saturated carbocycles. The van der Waals surface area contributed by atoms with Crippen molar-refractivity contribution in [3.8, 4) is 0 Å². The van der Waals surface area contributed by atoms with E-state index in [0.29, 0.717) is 28.2 Å². The Balaban J connectivity index is 1.92.